The van der Waals surface area contributed by atoms with Gasteiger partial charge in [-0.3, -0.25) is 4.79 Å². The maximum Gasteiger partial charge on any atom is 0.316 e. The second-order valence-electron chi connectivity index (χ2n) is 6.37. The summed E-state index contributed by atoms with van der Waals surface area (Å²) in [4.78, 5) is 23.0. The Morgan fingerprint density at radius 3 is 3.00 bits per heavy atom. The van der Waals surface area contributed by atoms with Gasteiger partial charge in [0.15, 0.2) is 0 Å². The van der Waals surface area contributed by atoms with Crippen LogP contribution in [0.4, 0.5) is 5.82 Å². The molecule has 2 aromatic heterocycles. The summed E-state index contributed by atoms with van der Waals surface area (Å²) in [7, 11) is 0. The molecule has 0 aliphatic carbocycles. The molecule has 0 aromatic carbocycles. The van der Waals surface area contributed by atoms with Gasteiger partial charge in [0.2, 0.25) is 5.82 Å². The zero-order chi connectivity index (χ0) is 17.1. The Morgan fingerprint density at radius 2 is 2.20 bits per heavy atom. The van der Waals surface area contributed by atoms with E-state index in [9.17, 15) is 4.79 Å². The molecule has 4 rings (SSSR count). The minimum absolute atomic E-state index is 0.0347. The lowest BCUT2D eigenvalue weighted by Crippen LogP contribution is -2.31. The summed E-state index contributed by atoms with van der Waals surface area (Å²) in [5.41, 5.74) is 0.791. The average molecular weight is 343 g/mol. The molecule has 0 bridgehead atoms. The molecule has 1 unspecified atom stereocenters. The molecule has 8 heteroatoms. The van der Waals surface area contributed by atoms with E-state index >= 15 is 0 Å². The van der Waals surface area contributed by atoms with Gasteiger partial charge in [0.1, 0.15) is 5.82 Å². The minimum atomic E-state index is -0.372. The van der Waals surface area contributed by atoms with Gasteiger partial charge in [0.25, 0.3) is 0 Å². The molecule has 2 aliphatic rings. The fourth-order valence-corrected chi connectivity index (χ4v) is 3.20. The molecule has 0 radical (unpaired) electrons. The van der Waals surface area contributed by atoms with Crippen molar-refractivity contribution < 1.29 is 14.1 Å². The number of ether oxygens (including phenoxy) is 1. The van der Waals surface area contributed by atoms with Crippen molar-refractivity contribution in [3.05, 3.63) is 24.2 Å². The fourth-order valence-electron chi connectivity index (χ4n) is 3.20. The summed E-state index contributed by atoms with van der Waals surface area (Å²) in [5, 5.41) is 6.71. The van der Waals surface area contributed by atoms with Crippen molar-refractivity contribution in [2.75, 3.05) is 31.1 Å². The Balaban J connectivity index is 1.43. The summed E-state index contributed by atoms with van der Waals surface area (Å²) in [6.45, 7) is 3.25. The van der Waals surface area contributed by atoms with Crippen molar-refractivity contribution in [1.82, 2.24) is 20.4 Å². The van der Waals surface area contributed by atoms with E-state index < -0.39 is 0 Å². The average Bonchev–Trinajstić information content (AvgIpc) is 3.42. The Morgan fingerprint density at radius 1 is 1.32 bits per heavy atom. The van der Waals surface area contributed by atoms with Crippen molar-refractivity contribution in [3.63, 3.8) is 0 Å². The Bertz CT molecular complexity index is 735. The Kier molecular flexibility index (Phi) is 4.60. The molecule has 2 saturated heterocycles. The molecule has 4 heterocycles. The summed E-state index contributed by atoms with van der Waals surface area (Å²) < 4.78 is 10.6. The lowest BCUT2D eigenvalue weighted by atomic mass is 10.2. The molecule has 1 N–H and O–H groups in total. The van der Waals surface area contributed by atoms with Crippen LogP contribution in [0.1, 0.15) is 36.4 Å². The summed E-state index contributed by atoms with van der Waals surface area (Å²) in [6.07, 6.45) is 6.18. The van der Waals surface area contributed by atoms with Gasteiger partial charge in [-0.2, -0.15) is 4.98 Å². The van der Waals surface area contributed by atoms with E-state index in [1.165, 1.54) is 12.8 Å². The third-order valence-electron chi connectivity index (χ3n) is 4.57. The third-order valence-corrected chi connectivity index (χ3v) is 4.57. The maximum atomic E-state index is 12.1. The zero-order valence-corrected chi connectivity index (χ0v) is 14.0. The highest BCUT2D eigenvalue weighted by atomic mass is 16.5. The molecule has 2 aromatic rings. The Labute approximate surface area is 145 Å². The first-order valence-electron chi connectivity index (χ1n) is 8.74. The van der Waals surface area contributed by atoms with E-state index in [-0.39, 0.29) is 17.9 Å². The molecule has 2 aliphatic heterocycles. The molecule has 2 fully saturated rings. The van der Waals surface area contributed by atoms with Crippen LogP contribution in [-0.2, 0) is 4.74 Å². The first-order valence-corrected chi connectivity index (χ1v) is 8.74. The topological polar surface area (TPSA) is 93.4 Å². The van der Waals surface area contributed by atoms with Gasteiger partial charge < -0.3 is 19.5 Å². The van der Waals surface area contributed by atoms with E-state index in [4.69, 9.17) is 9.26 Å². The second kappa shape index (κ2) is 7.18. The number of carbonyl (C=O) groups is 1. The number of nitrogens with one attached hydrogen (secondary N) is 1. The predicted octanol–water partition coefficient (Wildman–Crippen LogP) is 1.64. The van der Waals surface area contributed by atoms with Crippen LogP contribution in [0.5, 0.6) is 0 Å². The molecule has 8 nitrogen and oxygen atoms in total. The predicted molar refractivity (Wildman–Crippen MR) is 90.3 cm³/mol. The summed E-state index contributed by atoms with van der Waals surface area (Å²) in [5.74, 6) is 0.893. The van der Waals surface area contributed by atoms with Crippen LogP contribution in [0.15, 0.2) is 22.9 Å². The van der Waals surface area contributed by atoms with Crippen LogP contribution < -0.4 is 10.2 Å². The first-order chi connectivity index (χ1) is 12.3. The van der Waals surface area contributed by atoms with Crippen molar-refractivity contribution >= 4 is 11.7 Å². The normalized spacial score (nSPS) is 20.2. The van der Waals surface area contributed by atoms with Gasteiger partial charge >= 0.3 is 11.8 Å². The van der Waals surface area contributed by atoms with E-state index in [2.05, 4.69) is 25.3 Å². The monoisotopic (exact) mass is 343 g/mol. The standard InChI is InChI=1S/C17H21N5O3/c23-16(19-11-13-4-3-9-24-13)17-20-15(21-25-17)12-5-6-18-14(10-12)22-7-1-2-8-22/h5-6,10,13H,1-4,7-9,11H2,(H,19,23). The number of nitrogens with zero attached hydrogens (tertiary/aromatic N) is 4. The van der Waals surface area contributed by atoms with E-state index in [1.807, 2.05) is 12.1 Å². The molecular formula is C17H21N5O3. The van der Waals surface area contributed by atoms with Crippen LogP contribution in [0, 0.1) is 0 Å². The Hall–Kier alpha value is -2.48. The van der Waals surface area contributed by atoms with Crippen molar-refractivity contribution in [2.24, 2.45) is 0 Å². The number of pyridine rings is 1. The van der Waals surface area contributed by atoms with Crippen molar-refractivity contribution in [3.8, 4) is 11.4 Å². The second-order valence-corrected chi connectivity index (χ2v) is 6.37. The quantitative estimate of drug-likeness (QED) is 0.882. The van der Waals surface area contributed by atoms with Gasteiger partial charge in [-0.15, -0.1) is 0 Å². The molecule has 0 saturated carbocycles. The third kappa shape index (κ3) is 3.63. The summed E-state index contributed by atoms with van der Waals surface area (Å²) >= 11 is 0. The van der Waals surface area contributed by atoms with Crippen LogP contribution in [0.25, 0.3) is 11.4 Å². The number of rotatable bonds is 5. The SMILES string of the molecule is O=C(NCC1CCCO1)c1nc(-c2ccnc(N3CCCC3)c2)no1. The van der Waals surface area contributed by atoms with Gasteiger partial charge in [-0.25, -0.2) is 4.98 Å². The van der Waals surface area contributed by atoms with Crippen molar-refractivity contribution in [1.29, 1.82) is 0 Å². The van der Waals surface area contributed by atoms with Gasteiger partial charge in [-0.1, -0.05) is 5.16 Å². The highest BCUT2D eigenvalue weighted by Crippen LogP contribution is 2.23. The zero-order valence-electron chi connectivity index (χ0n) is 14.0. The molecule has 1 atom stereocenters. The van der Waals surface area contributed by atoms with E-state index in [1.54, 1.807) is 6.20 Å². The smallest absolute Gasteiger partial charge is 0.316 e. The number of anilines is 1. The number of amides is 1. The van der Waals surface area contributed by atoms with Crippen LogP contribution >= 0.6 is 0 Å². The summed E-state index contributed by atoms with van der Waals surface area (Å²) in [6, 6.07) is 3.75. The highest BCUT2D eigenvalue weighted by Gasteiger charge is 2.21. The number of hydrogen-bond acceptors (Lipinski definition) is 7. The van der Waals surface area contributed by atoms with Crippen LogP contribution in [-0.4, -0.2) is 53.4 Å². The van der Waals surface area contributed by atoms with E-state index in [0.29, 0.717) is 12.4 Å². The van der Waals surface area contributed by atoms with Gasteiger partial charge in [-0.05, 0) is 37.8 Å². The molecule has 25 heavy (non-hydrogen) atoms. The lowest BCUT2D eigenvalue weighted by Gasteiger charge is -2.16. The lowest BCUT2D eigenvalue weighted by molar-refractivity contribution is 0.0822. The molecular weight excluding hydrogens is 322 g/mol. The highest BCUT2D eigenvalue weighted by molar-refractivity contribution is 5.89. The van der Waals surface area contributed by atoms with E-state index in [0.717, 1.165) is 43.9 Å². The fraction of sp³-hybridized carbons (Fsp3) is 0.529. The largest absolute Gasteiger partial charge is 0.376 e. The van der Waals surface area contributed by atoms with Crippen molar-refractivity contribution in [2.45, 2.75) is 31.8 Å². The van der Waals surface area contributed by atoms with Gasteiger partial charge in [0, 0.05) is 38.0 Å². The first kappa shape index (κ1) is 16.0. The number of carbonyl (C=O) groups excluding carboxylic acids is 1. The van der Waals surface area contributed by atoms with Crippen LogP contribution in [0.2, 0.25) is 0 Å². The molecule has 1 amide bonds. The van der Waals surface area contributed by atoms with Gasteiger partial charge in [0.05, 0.1) is 6.10 Å². The minimum Gasteiger partial charge on any atom is -0.376 e. The maximum absolute atomic E-state index is 12.1. The number of hydrogen-bond donors (Lipinski definition) is 1. The number of aromatic nitrogens is 3. The molecule has 132 valence electrons. The van der Waals surface area contributed by atoms with Crippen LogP contribution in [0.3, 0.4) is 0 Å². The molecule has 0 spiro atoms.